The monoisotopic (exact) mass is 271 g/mol. The maximum atomic E-state index is 12.3. The lowest BCUT2D eigenvalue weighted by Gasteiger charge is -2.33. The Morgan fingerprint density at radius 1 is 1.32 bits per heavy atom. The Hall–Kier alpha value is -0.650. The van der Waals surface area contributed by atoms with Gasteiger partial charge in [0, 0.05) is 45.9 Å². The molecule has 1 heterocycles. The number of piperazine rings is 1. The van der Waals surface area contributed by atoms with E-state index < -0.39 is 0 Å². The number of nitrogens with zero attached hydrogens (tertiary/aromatic N) is 2. The minimum absolute atomic E-state index is 0.254. The highest BCUT2D eigenvalue weighted by Gasteiger charge is 2.22. The quantitative estimate of drug-likeness (QED) is 0.700. The lowest BCUT2D eigenvalue weighted by Crippen LogP contribution is -2.51. The van der Waals surface area contributed by atoms with Gasteiger partial charge in [-0.2, -0.15) is 0 Å². The third kappa shape index (κ3) is 5.47. The number of methoxy groups -OCH3 is 1. The van der Waals surface area contributed by atoms with Crippen LogP contribution in [0.15, 0.2) is 0 Å². The van der Waals surface area contributed by atoms with Crippen LogP contribution >= 0.6 is 0 Å². The summed E-state index contributed by atoms with van der Waals surface area (Å²) in [6, 6.07) is 0.474. The lowest BCUT2D eigenvalue weighted by molar-refractivity contribution is -0.133. The Morgan fingerprint density at radius 3 is 2.47 bits per heavy atom. The van der Waals surface area contributed by atoms with Gasteiger partial charge in [-0.05, 0) is 12.8 Å². The molecule has 1 aliphatic rings. The van der Waals surface area contributed by atoms with Crippen LogP contribution in [0.4, 0.5) is 0 Å². The van der Waals surface area contributed by atoms with Crippen LogP contribution in [0.25, 0.3) is 0 Å². The van der Waals surface area contributed by atoms with Crippen molar-refractivity contribution in [2.24, 2.45) is 0 Å². The van der Waals surface area contributed by atoms with Gasteiger partial charge in [0.1, 0.15) is 0 Å². The Labute approximate surface area is 117 Å². The van der Waals surface area contributed by atoms with Crippen molar-refractivity contribution >= 4 is 5.91 Å². The lowest BCUT2D eigenvalue weighted by atomic mass is 10.1. The number of nitrogens with one attached hydrogen (secondary N) is 1. The number of hydrogen-bond acceptors (Lipinski definition) is 4. The van der Waals surface area contributed by atoms with E-state index in [9.17, 15) is 4.79 Å². The third-order valence-electron chi connectivity index (χ3n) is 3.85. The second kappa shape index (κ2) is 9.28. The number of hydrogen-bond donors (Lipinski definition) is 1. The summed E-state index contributed by atoms with van der Waals surface area (Å²) in [5.41, 5.74) is 0. The second-order valence-electron chi connectivity index (χ2n) is 5.06. The first-order valence-corrected chi connectivity index (χ1v) is 7.44. The van der Waals surface area contributed by atoms with Gasteiger partial charge in [0.25, 0.3) is 0 Å². The molecule has 0 spiro atoms. The molecule has 0 radical (unpaired) electrons. The molecule has 5 nitrogen and oxygen atoms in total. The summed E-state index contributed by atoms with van der Waals surface area (Å²) < 4.78 is 5.16. The van der Waals surface area contributed by atoms with E-state index in [1.165, 1.54) is 0 Å². The van der Waals surface area contributed by atoms with Crippen molar-refractivity contribution in [3.63, 3.8) is 0 Å². The van der Waals surface area contributed by atoms with Crippen LogP contribution in [0.1, 0.15) is 26.7 Å². The van der Waals surface area contributed by atoms with Gasteiger partial charge in [-0.15, -0.1) is 0 Å². The Kier molecular flexibility index (Phi) is 8.02. The predicted octanol–water partition coefficient (Wildman–Crippen LogP) is 0.555. The first kappa shape index (κ1) is 16.4. The molecule has 1 N–H and O–H groups in total. The predicted molar refractivity (Wildman–Crippen MR) is 77.3 cm³/mol. The molecule has 0 aromatic carbocycles. The fourth-order valence-electron chi connectivity index (χ4n) is 2.59. The first-order valence-electron chi connectivity index (χ1n) is 7.44. The van der Waals surface area contributed by atoms with E-state index in [2.05, 4.69) is 24.1 Å². The molecule has 1 amide bonds. The van der Waals surface area contributed by atoms with Gasteiger partial charge < -0.3 is 15.0 Å². The van der Waals surface area contributed by atoms with Crippen molar-refractivity contribution in [1.29, 1.82) is 0 Å². The number of ether oxygens (including phenoxy) is 1. The topological polar surface area (TPSA) is 44.8 Å². The molecular weight excluding hydrogens is 242 g/mol. The minimum Gasteiger partial charge on any atom is -0.383 e. The summed E-state index contributed by atoms with van der Waals surface area (Å²) in [4.78, 5) is 16.6. The zero-order valence-electron chi connectivity index (χ0n) is 12.7. The van der Waals surface area contributed by atoms with E-state index in [4.69, 9.17) is 4.74 Å². The smallest absolute Gasteiger partial charge is 0.236 e. The number of amides is 1. The standard InChI is InChI=1S/C14H29N3O2/c1-4-13(5-2)17(10-11-19-3)12-14(18)16-8-6-15-7-9-16/h13,15H,4-12H2,1-3H3. The van der Waals surface area contributed by atoms with Crippen LogP contribution < -0.4 is 5.32 Å². The molecule has 0 aromatic heterocycles. The molecular formula is C14H29N3O2. The molecule has 1 aliphatic heterocycles. The molecule has 0 aromatic rings. The van der Waals surface area contributed by atoms with Crippen LogP contribution in [0.2, 0.25) is 0 Å². The average Bonchev–Trinajstić information content (AvgIpc) is 2.46. The number of carbonyl (C=O) groups is 1. The van der Waals surface area contributed by atoms with Crippen molar-refractivity contribution in [3.05, 3.63) is 0 Å². The van der Waals surface area contributed by atoms with E-state index in [0.717, 1.165) is 45.6 Å². The first-order chi connectivity index (χ1) is 9.22. The van der Waals surface area contributed by atoms with Gasteiger partial charge >= 0.3 is 0 Å². The van der Waals surface area contributed by atoms with Gasteiger partial charge in [-0.1, -0.05) is 13.8 Å². The molecule has 1 rings (SSSR count). The minimum atomic E-state index is 0.254. The van der Waals surface area contributed by atoms with Crippen molar-refractivity contribution in [3.8, 4) is 0 Å². The third-order valence-corrected chi connectivity index (χ3v) is 3.85. The van der Waals surface area contributed by atoms with E-state index in [1.807, 2.05) is 4.90 Å². The molecule has 19 heavy (non-hydrogen) atoms. The fourth-order valence-corrected chi connectivity index (χ4v) is 2.59. The normalized spacial score (nSPS) is 16.4. The molecule has 1 fully saturated rings. The number of carbonyl (C=O) groups excluding carboxylic acids is 1. The summed E-state index contributed by atoms with van der Waals surface area (Å²) >= 11 is 0. The number of rotatable bonds is 8. The summed E-state index contributed by atoms with van der Waals surface area (Å²) in [7, 11) is 1.71. The van der Waals surface area contributed by atoms with Crippen molar-refractivity contribution in [2.75, 3.05) is 53.0 Å². The van der Waals surface area contributed by atoms with E-state index >= 15 is 0 Å². The SMILES string of the molecule is CCC(CC)N(CCOC)CC(=O)N1CCNCC1. The Balaban J connectivity index is 2.51. The summed E-state index contributed by atoms with van der Waals surface area (Å²) in [5.74, 6) is 0.254. The molecule has 0 bridgehead atoms. The molecule has 5 heteroatoms. The van der Waals surface area contributed by atoms with E-state index in [1.54, 1.807) is 7.11 Å². The van der Waals surface area contributed by atoms with Gasteiger partial charge in [0.15, 0.2) is 0 Å². The molecule has 1 saturated heterocycles. The molecule has 0 unspecified atom stereocenters. The summed E-state index contributed by atoms with van der Waals surface area (Å²) in [6.07, 6.45) is 2.16. The average molecular weight is 271 g/mol. The van der Waals surface area contributed by atoms with Crippen LogP contribution in [0.5, 0.6) is 0 Å². The highest BCUT2D eigenvalue weighted by atomic mass is 16.5. The zero-order chi connectivity index (χ0) is 14.1. The molecule has 112 valence electrons. The van der Waals surface area contributed by atoms with E-state index in [0.29, 0.717) is 19.2 Å². The maximum Gasteiger partial charge on any atom is 0.236 e. The highest BCUT2D eigenvalue weighted by molar-refractivity contribution is 5.78. The highest BCUT2D eigenvalue weighted by Crippen LogP contribution is 2.09. The van der Waals surface area contributed by atoms with Crippen molar-refractivity contribution in [1.82, 2.24) is 15.1 Å². The zero-order valence-corrected chi connectivity index (χ0v) is 12.7. The summed E-state index contributed by atoms with van der Waals surface area (Å²) in [6.45, 7) is 9.90. The van der Waals surface area contributed by atoms with Crippen LogP contribution in [-0.4, -0.2) is 74.7 Å². The van der Waals surface area contributed by atoms with Crippen molar-refractivity contribution in [2.45, 2.75) is 32.7 Å². The van der Waals surface area contributed by atoms with Crippen LogP contribution in [-0.2, 0) is 9.53 Å². The largest absolute Gasteiger partial charge is 0.383 e. The maximum absolute atomic E-state index is 12.3. The second-order valence-corrected chi connectivity index (χ2v) is 5.06. The van der Waals surface area contributed by atoms with Crippen LogP contribution in [0.3, 0.4) is 0 Å². The Bertz CT molecular complexity index is 251. The molecule has 0 aliphatic carbocycles. The fraction of sp³-hybridized carbons (Fsp3) is 0.929. The molecule has 0 saturated carbocycles. The van der Waals surface area contributed by atoms with Gasteiger partial charge in [0.05, 0.1) is 13.2 Å². The Morgan fingerprint density at radius 2 is 1.95 bits per heavy atom. The van der Waals surface area contributed by atoms with Crippen molar-refractivity contribution < 1.29 is 9.53 Å². The summed E-state index contributed by atoms with van der Waals surface area (Å²) in [5, 5.41) is 3.27. The van der Waals surface area contributed by atoms with Gasteiger partial charge in [-0.25, -0.2) is 0 Å². The van der Waals surface area contributed by atoms with E-state index in [-0.39, 0.29) is 5.91 Å². The molecule has 0 atom stereocenters. The van der Waals surface area contributed by atoms with Gasteiger partial charge in [0.2, 0.25) is 5.91 Å². The van der Waals surface area contributed by atoms with Gasteiger partial charge in [-0.3, -0.25) is 9.69 Å². The van der Waals surface area contributed by atoms with Crippen LogP contribution in [0, 0.1) is 0 Å².